The molecule has 27 heavy (non-hydrogen) atoms. The van der Waals surface area contributed by atoms with E-state index in [1.165, 1.54) is 48.5 Å². The molecule has 0 aliphatic rings. The van der Waals surface area contributed by atoms with E-state index < -0.39 is 45.5 Å². The van der Waals surface area contributed by atoms with E-state index >= 15 is 0 Å². The molecular formula is C20H16Al2N2O3. The highest BCUT2D eigenvalue weighted by Gasteiger charge is 2.12. The average molecular weight is 394 g/mol. The Balaban J connectivity index is 1.47. The molecule has 0 spiro atoms. The van der Waals surface area contributed by atoms with Gasteiger partial charge < -0.3 is 10.4 Å². The Bertz CT molecular complexity index is 1290. The maximum absolute atomic E-state index is 8.03. The first-order valence-electron chi connectivity index (χ1n) is 11.9. The van der Waals surface area contributed by atoms with Crippen molar-refractivity contribution in [1.29, 1.82) is 0 Å². The molecular weight excluding hydrogens is 370 g/mol. The zero-order chi connectivity index (χ0) is 25.4. The van der Waals surface area contributed by atoms with Gasteiger partial charge in [-0.3, -0.25) is 0 Å². The molecule has 2 aromatic heterocycles. The summed E-state index contributed by atoms with van der Waals surface area (Å²) in [6.07, 6.45) is 0. The maximum atomic E-state index is 8.03. The molecule has 5 nitrogen and oxygen atoms in total. The summed E-state index contributed by atoms with van der Waals surface area (Å²) in [7, 11) is 0. The van der Waals surface area contributed by atoms with Crippen LogP contribution in [0.4, 0.5) is 0 Å². The lowest BCUT2D eigenvalue weighted by Crippen LogP contribution is -2.16. The highest BCUT2D eigenvalue weighted by atomic mass is 27.3. The number of hydrogen-bond donors (Lipinski definition) is 0. The molecule has 0 unspecified atom stereocenters. The largest absolute Gasteiger partial charge is 0.743 e. The number of pyridine rings is 2. The summed E-state index contributed by atoms with van der Waals surface area (Å²) in [6, 6.07) is 12.3. The van der Waals surface area contributed by atoms with Gasteiger partial charge in [-0.2, -0.15) is 0 Å². The van der Waals surface area contributed by atoms with E-state index in [9.17, 15) is 0 Å². The number of nitrogens with zero attached hydrogens (tertiary/aromatic N) is 2. The van der Waals surface area contributed by atoms with Crippen LogP contribution in [0.2, 0.25) is 0 Å². The second kappa shape index (κ2) is 8.27. The van der Waals surface area contributed by atoms with Gasteiger partial charge >= 0.3 is 31.8 Å². The number of aryl methyl sites for hydroxylation is 2. The van der Waals surface area contributed by atoms with Crippen LogP contribution in [0.25, 0.3) is 21.8 Å². The van der Waals surface area contributed by atoms with Gasteiger partial charge in [-0.05, 0) is 38.0 Å². The highest BCUT2D eigenvalue weighted by Crippen LogP contribution is 2.25. The maximum Gasteiger partial charge on any atom is 0.743 e. The minimum absolute atomic E-state index is 0.0982. The third-order valence-corrected chi connectivity index (χ3v) is 5.25. The monoisotopic (exact) mass is 394 g/mol. The first-order chi connectivity index (χ1) is 16.4. The lowest BCUT2D eigenvalue weighted by atomic mass is 10.2. The van der Waals surface area contributed by atoms with Crippen molar-refractivity contribution >= 4 is 53.6 Å². The number of hydrogen-bond acceptors (Lipinski definition) is 5. The predicted octanol–water partition coefficient (Wildman–Crippen LogP) is 3.94. The van der Waals surface area contributed by atoms with Crippen LogP contribution in [0.1, 0.15) is 22.4 Å². The standard InChI is InChI=1S/2C10H9NO.2Al.O/c2*1-7-5-6-8-3-2-4-9(12)10(8)11-7;;;/h2*2-6,12H,1H3;;;/q;;2*+1;/p-2/i2*1D3,3D;;;. The van der Waals surface area contributed by atoms with Crippen molar-refractivity contribution in [2.24, 2.45) is 0 Å². The molecule has 0 aliphatic carbocycles. The Morgan fingerprint density at radius 1 is 0.778 bits per heavy atom. The van der Waals surface area contributed by atoms with Gasteiger partial charge in [0.2, 0.25) is 0 Å². The first-order valence-corrected chi connectivity index (χ1v) is 9.77. The van der Waals surface area contributed by atoms with Crippen LogP contribution in [0.3, 0.4) is 0 Å². The molecule has 0 aliphatic heterocycles. The minimum atomic E-state index is -2.39. The van der Waals surface area contributed by atoms with Crippen LogP contribution in [0.15, 0.2) is 60.6 Å². The highest BCUT2D eigenvalue weighted by molar-refractivity contribution is 6.35. The summed E-state index contributed by atoms with van der Waals surface area (Å²) >= 11 is -2.13. The lowest BCUT2D eigenvalue weighted by Gasteiger charge is -2.11. The van der Waals surface area contributed by atoms with Gasteiger partial charge in [-0.15, -0.1) is 0 Å². The van der Waals surface area contributed by atoms with E-state index in [2.05, 4.69) is 9.97 Å². The van der Waals surface area contributed by atoms with Gasteiger partial charge in [-0.25, -0.2) is 9.97 Å². The lowest BCUT2D eigenvalue weighted by molar-refractivity contribution is 0.420. The molecule has 4 aromatic rings. The van der Waals surface area contributed by atoms with Gasteiger partial charge in [0, 0.05) is 30.4 Å². The van der Waals surface area contributed by atoms with E-state index in [0.29, 0.717) is 22.3 Å². The van der Waals surface area contributed by atoms with Gasteiger partial charge in [0.05, 0.1) is 2.74 Å². The van der Waals surface area contributed by atoms with Gasteiger partial charge in [0.25, 0.3) is 0 Å². The van der Waals surface area contributed by atoms with E-state index in [-0.39, 0.29) is 34.5 Å². The Morgan fingerprint density at radius 3 is 1.78 bits per heavy atom. The molecule has 7 heteroatoms. The van der Waals surface area contributed by atoms with Crippen molar-refractivity contribution in [2.75, 3.05) is 0 Å². The molecule has 2 radical (unpaired) electrons. The van der Waals surface area contributed by atoms with Gasteiger partial charge in [0.1, 0.15) is 22.5 Å². The minimum Gasteiger partial charge on any atom is -0.626 e. The molecule has 0 bridgehead atoms. The summed E-state index contributed by atoms with van der Waals surface area (Å²) < 4.78 is 78.4. The third kappa shape index (κ3) is 4.25. The summed E-state index contributed by atoms with van der Waals surface area (Å²) in [6.45, 7) is -4.79. The second-order valence-electron chi connectivity index (χ2n) is 5.43. The fourth-order valence-electron chi connectivity index (χ4n) is 2.47. The molecule has 0 amide bonds. The van der Waals surface area contributed by atoms with Crippen molar-refractivity contribution in [3.05, 3.63) is 72.0 Å². The fourth-order valence-corrected chi connectivity index (χ4v) is 3.68. The Kier molecular flexibility index (Phi) is 3.38. The third-order valence-electron chi connectivity index (χ3n) is 3.67. The second-order valence-corrected chi connectivity index (χ2v) is 7.38. The normalized spacial score (nSPS) is 16.0. The summed E-state index contributed by atoms with van der Waals surface area (Å²) in [5, 5.41) is 0.910. The van der Waals surface area contributed by atoms with Gasteiger partial charge in [-0.1, -0.05) is 36.4 Å². The van der Waals surface area contributed by atoms with Crippen LogP contribution < -0.4 is 7.58 Å². The zero-order valence-corrected chi connectivity index (χ0v) is 16.2. The molecule has 2 heterocycles. The molecule has 130 valence electrons. The molecule has 0 N–H and O–H groups in total. The summed E-state index contributed by atoms with van der Waals surface area (Å²) in [4.78, 5) is 8.36. The molecule has 0 fully saturated rings. The number of benzene rings is 2. The SMILES string of the molecule is [2H]c1ccc([O][Al][O][Al][O]c2ccc([2H])c3ccc(C([2H])([2H])[2H])nc23)c2nc(C([2H])([2H])[2H])ccc12. The van der Waals surface area contributed by atoms with Crippen LogP contribution in [-0.4, -0.2) is 41.7 Å². The van der Waals surface area contributed by atoms with Crippen molar-refractivity contribution in [2.45, 2.75) is 13.7 Å². The number of fused-ring (bicyclic) bond motifs is 2. The van der Waals surface area contributed by atoms with Crippen molar-refractivity contribution in [1.82, 2.24) is 9.97 Å². The first kappa shape index (κ1) is 11.0. The molecule has 2 aromatic carbocycles. The number of para-hydroxylation sites is 2. The molecule has 4 rings (SSSR count). The summed E-state index contributed by atoms with van der Waals surface area (Å²) in [5.41, 5.74) is 0.325. The zero-order valence-electron chi connectivity index (χ0n) is 21.9. The number of rotatable bonds is 6. The van der Waals surface area contributed by atoms with Crippen molar-refractivity contribution < 1.29 is 21.4 Å². The topological polar surface area (TPSA) is 53.5 Å². The Morgan fingerprint density at radius 2 is 1.30 bits per heavy atom. The smallest absolute Gasteiger partial charge is 0.626 e. The van der Waals surface area contributed by atoms with Crippen molar-refractivity contribution in [3.63, 3.8) is 0 Å². The quantitative estimate of drug-likeness (QED) is 0.366. The van der Waals surface area contributed by atoms with E-state index in [0.717, 1.165) is 0 Å². The van der Waals surface area contributed by atoms with Crippen LogP contribution >= 0.6 is 0 Å². The predicted molar refractivity (Wildman–Crippen MR) is 107 cm³/mol. The van der Waals surface area contributed by atoms with Crippen molar-refractivity contribution in [3.8, 4) is 11.5 Å². The Labute approximate surface area is 182 Å². The van der Waals surface area contributed by atoms with Crippen LogP contribution in [0, 0.1) is 13.7 Å². The van der Waals surface area contributed by atoms with E-state index in [1.54, 1.807) is 0 Å². The Hall–Kier alpha value is -2.12. The van der Waals surface area contributed by atoms with E-state index in [4.69, 9.17) is 21.4 Å². The molecule has 0 saturated carbocycles. The molecule has 0 saturated heterocycles. The van der Waals surface area contributed by atoms with E-state index in [1.807, 2.05) is 0 Å². The van der Waals surface area contributed by atoms with Crippen LogP contribution in [-0.2, 0) is 2.84 Å². The summed E-state index contributed by atoms with van der Waals surface area (Å²) in [5.74, 6) is 0.592. The van der Waals surface area contributed by atoms with Crippen LogP contribution in [0.5, 0.6) is 11.5 Å². The number of aromatic nitrogens is 2. The fraction of sp³-hybridized carbons (Fsp3) is 0.100. The average Bonchev–Trinajstić information content (AvgIpc) is 2.80. The molecule has 0 atom stereocenters. The van der Waals surface area contributed by atoms with Gasteiger partial charge in [0.15, 0.2) is 0 Å².